The predicted molar refractivity (Wildman–Crippen MR) is 105 cm³/mol. The number of aromatic nitrogens is 2. The van der Waals surface area contributed by atoms with E-state index in [2.05, 4.69) is 14.5 Å². The molecule has 0 aliphatic carbocycles. The van der Waals surface area contributed by atoms with Crippen LogP contribution in [0.2, 0.25) is 0 Å². The van der Waals surface area contributed by atoms with Crippen LogP contribution < -0.4 is 4.74 Å². The standard InChI is InChI=1S/C19H26N4O2.CH2O2/c1-21-16-20-14-17(21)15-22-9-5-10-23(12-11-22)19(24)8-13-25-18-6-3-2-4-7-18;2-1-3/h2-4,6-7,14,16H,5,8-13,15H2,1H3;1H,(H,2,3). The summed E-state index contributed by atoms with van der Waals surface area (Å²) in [5.41, 5.74) is 1.20. The molecule has 1 amide bonds. The summed E-state index contributed by atoms with van der Waals surface area (Å²) in [6.07, 6.45) is 5.17. The minimum absolute atomic E-state index is 0.179. The highest BCUT2D eigenvalue weighted by atomic mass is 16.5. The maximum Gasteiger partial charge on any atom is 0.290 e. The molecule has 1 aliphatic heterocycles. The molecule has 2 heterocycles. The number of rotatable bonds is 6. The van der Waals surface area contributed by atoms with Crippen LogP contribution >= 0.6 is 0 Å². The van der Waals surface area contributed by atoms with E-state index < -0.39 is 0 Å². The van der Waals surface area contributed by atoms with E-state index in [9.17, 15) is 4.79 Å². The molecule has 0 saturated carbocycles. The van der Waals surface area contributed by atoms with Gasteiger partial charge in [-0.05, 0) is 18.6 Å². The number of aryl methyl sites for hydroxylation is 1. The fourth-order valence-corrected chi connectivity index (χ4v) is 3.08. The molecule has 1 fully saturated rings. The van der Waals surface area contributed by atoms with Crippen LogP contribution in [0.4, 0.5) is 0 Å². The molecule has 1 aliphatic rings. The van der Waals surface area contributed by atoms with Crippen LogP contribution in [0, 0.1) is 0 Å². The second-order valence-electron chi connectivity index (χ2n) is 6.52. The molecule has 8 heteroatoms. The smallest absolute Gasteiger partial charge is 0.290 e. The predicted octanol–water partition coefficient (Wildman–Crippen LogP) is 1.62. The lowest BCUT2D eigenvalue weighted by Crippen LogP contribution is -2.35. The Morgan fingerprint density at radius 2 is 1.96 bits per heavy atom. The first kappa shape index (κ1) is 21.4. The minimum atomic E-state index is -0.250. The van der Waals surface area contributed by atoms with E-state index in [1.54, 1.807) is 0 Å². The summed E-state index contributed by atoms with van der Waals surface area (Å²) in [6, 6.07) is 9.64. The highest BCUT2D eigenvalue weighted by Gasteiger charge is 2.19. The van der Waals surface area contributed by atoms with Gasteiger partial charge in [-0.3, -0.25) is 14.5 Å². The molecular weight excluding hydrogens is 360 g/mol. The van der Waals surface area contributed by atoms with Gasteiger partial charge in [-0.2, -0.15) is 0 Å². The van der Waals surface area contributed by atoms with Crippen molar-refractivity contribution in [2.75, 3.05) is 32.8 Å². The number of benzene rings is 1. The number of ether oxygens (including phenoxy) is 1. The average molecular weight is 388 g/mol. The Hall–Kier alpha value is -2.87. The molecule has 0 spiro atoms. The van der Waals surface area contributed by atoms with E-state index in [4.69, 9.17) is 14.6 Å². The number of carbonyl (C=O) groups is 2. The molecule has 3 rings (SSSR count). The number of nitrogens with zero attached hydrogens (tertiary/aromatic N) is 4. The molecule has 1 saturated heterocycles. The number of carbonyl (C=O) groups excluding carboxylic acids is 1. The van der Waals surface area contributed by atoms with Gasteiger partial charge in [0.25, 0.3) is 6.47 Å². The molecule has 0 unspecified atom stereocenters. The molecule has 1 aromatic carbocycles. The van der Waals surface area contributed by atoms with Crippen LogP contribution in [0.1, 0.15) is 18.5 Å². The molecule has 1 N–H and O–H groups in total. The molecule has 0 bridgehead atoms. The normalized spacial score (nSPS) is 14.5. The van der Waals surface area contributed by atoms with Crippen molar-refractivity contribution in [1.29, 1.82) is 0 Å². The van der Waals surface area contributed by atoms with Crippen molar-refractivity contribution >= 4 is 12.4 Å². The minimum Gasteiger partial charge on any atom is -0.493 e. The van der Waals surface area contributed by atoms with Gasteiger partial charge in [-0.25, -0.2) is 4.98 Å². The zero-order valence-electron chi connectivity index (χ0n) is 16.2. The Bertz CT molecular complexity index is 720. The molecule has 0 radical (unpaired) electrons. The summed E-state index contributed by atoms with van der Waals surface area (Å²) in [6.45, 7) is 4.58. The van der Waals surface area contributed by atoms with E-state index in [1.807, 2.05) is 54.8 Å². The molecule has 1 aromatic heterocycles. The first-order chi connectivity index (χ1) is 13.6. The highest BCUT2D eigenvalue weighted by molar-refractivity contribution is 5.76. The van der Waals surface area contributed by atoms with Gasteiger partial charge in [0, 0.05) is 46.0 Å². The van der Waals surface area contributed by atoms with Crippen molar-refractivity contribution in [2.45, 2.75) is 19.4 Å². The van der Waals surface area contributed by atoms with Crippen LogP contribution in [0.5, 0.6) is 5.75 Å². The van der Waals surface area contributed by atoms with Crippen LogP contribution in [0.25, 0.3) is 0 Å². The molecule has 28 heavy (non-hydrogen) atoms. The van der Waals surface area contributed by atoms with Gasteiger partial charge in [0.1, 0.15) is 5.75 Å². The Labute approximate surface area is 165 Å². The highest BCUT2D eigenvalue weighted by Crippen LogP contribution is 2.11. The van der Waals surface area contributed by atoms with Gasteiger partial charge in [0.2, 0.25) is 5.91 Å². The van der Waals surface area contributed by atoms with E-state index in [0.29, 0.717) is 13.0 Å². The van der Waals surface area contributed by atoms with Gasteiger partial charge >= 0.3 is 0 Å². The summed E-state index contributed by atoms with van der Waals surface area (Å²) in [5, 5.41) is 6.89. The summed E-state index contributed by atoms with van der Waals surface area (Å²) >= 11 is 0. The molecule has 0 atom stereocenters. The quantitative estimate of drug-likeness (QED) is 0.757. The number of amides is 1. The fraction of sp³-hybridized carbons (Fsp3) is 0.450. The maximum absolute atomic E-state index is 12.4. The van der Waals surface area contributed by atoms with Gasteiger partial charge in [0.05, 0.1) is 25.0 Å². The van der Waals surface area contributed by atoms with Crippen LogP contribution in [-0.4, -0.2) is 69.6 Å². The van der Waals surface area contributed by atoms with E-state index in [-0.39, 0.29) is 12.4 Å². The van der Waals surface area contributed by atoms with E-state index in [0.717, 1.165) is 44.9 Å². The third-order valence-electron chi connectivity index (χ3n) is 4.57. The Balaban J connectivity index is 0.000000878. The molecular formula is C20H28N4O4. The second kappa shape index (κ2) is 11.8. The number of carboxylic acid groups (broad SMARTS) is 1. The Morgan fingerprint density at radius 1 is 1.21 bits per heavy atom. The number of hydrogen-bond acceptors (Lipinski definition) is 5. The van der Waals surface area contributed by atoms with Crippen molar-refractivity contribution in [3.05, 3.63) is 48.5 Å². The van der Waals surface area contributed by atoms with Gasteiger partial charge in [0.15, 0.2) is 0 Å². The van der Waals surface area contributed by atoms with Crippen molar-refractivity contribution in [3.63, 3.8) is 0 Å². The summed E-state index contributed by atoms with van der Waals surface area (Å²) in [7, 11) is 2.02. The van der Waals surface area contributed by atoms with Gasteiger partial charge in [-0.1, -0.05) is 18.2 Å². The first-order valence-electron chi connectivity index (χ1n) is 9.35. The first-order valence-corrected chi connectivity index (χ1v) is 9.35. The summed E-state index contributed by atoms with van der Waals surface area (Å²) < 4.78 is 7.69. The van der Waals surface area contributed by atoms with Crippen molar-refractivity contribution in [1.82, 2.24) is 19.4 Å². The maximum atomic E-state index is 12.4. The summed E-state index contributed by atoms with van der Waals surface area (Å²) in [4.78, 5) is 29.3. The number of hydrogen-bond donors (Lipinski definition) is 1. The lowest BCUT2D eigenvalue weighted by atomic mass is 10.3. The van der Waals surface area contributed by atoms with Gasteiger partial charge in [-0.15, -0.1) is 0 Å². The van der Waals surface area contributed by atoms with Crippen LogP contribution in [0.15, 0.2) is 42.9 Å². The Morgan fingerprint density at radius 3 is 2.64 bits per heavy atom. The third-order valence-corrected chi connectivity index (χ3v) is 4.57. The van der Waals surface area contributed by atoms with Crippen LogP contribution in [-0.2, 0) is 23.2 Å². The fourth-order valence-electron chi connectivity index (χ4n) is 3.08. The van der Waals surface area contributed by atoms with Crippen molar-refractivity contribution in [3.8, 4) is 5.75 Å². The number of imidazole rings is 1. The molecule has 8 nitrogen and oxygen atoms in total. The van der Waals surface area contributed by atoms with Crippen molar-refractivity contribution < 1.29 is 19.4 Å². The average Bonchev–Trinajstić information content (AvgIpc) is 2.95. The zero-order chi connectivity index (χ0) is 20.2. The lowest BCUT2D eigenvalue weighted by molar-refractivity contribution is -0.131. The van der Waals surface area contributed by atoms with E-state index >= 15 is 0 Å². The molecule has 2 aromatic rings. The Kier molecular flexibility index (Phi) is 9.00. The number of para-hydroxylation sites is 1. The topological polar surface area (TPSA) is 87.9 Å². The second-order valence-corrected chi connectivity index (χ2v) is 6.52. The third kappa shape index (κ3) is 7.03. The lowest BCUT2D eigenvalue weighted by Gasteiger charge is -2.22. The zero-order valence-corrected chi connectivity index (χ0v) is 16.2. The SMILES string of the molecule is Cn1cncc1CN1CCCN(C(=O)CCOc2ccccc2)CC1.O=CO. The molecule has 152 valence electrons. The van der Waals surface area contributed by atoms with Crippen molar-refractivity contribution in [2.24, 2.45) is 7.05 Å². The summed E-state index contributed by atoms with van der Waals surface area (Å²) in [5.74, 6) is 0.992. The van der Waals surface area contributed by atoms with Crippen LogP contribution in [0.3, 0.4) is 0 Å². The largest absolute Gasteiger partial charge is 0.493 e. The van der Waals surface area contributed by atoms with Gasteiger partial charge < -0.3 is 19.3 Å². The monoisotopic (exact) mass is 388 g/mol. The van der Waals surface area contributed by atoms with E-state index in [1.165, 1.54) is 5.69 Å².